The van der Waals surface area contributed by atoms with Crippen molar-refractivity contribution in [2.75, 3.05) is 12.5 Å². The first-order valence-corrected chi connectivity index (χ1v) is 7.09. The molecule has 0 nitrogen and oxygen atoms in total. The lowest BCUT2D eigenvalue weighted by Crippen LogP contribution is -2.04. The molecule has 0 spiro atoms. The van der Waals surface area contributed by atoms with Gasteiger partial charge in [0.25, 0.3) is 0 Å². The highest BCUT2D eigenvalue weighted by molar-refractivity contribution is 8.50. The van der Waals surface area contributed by atoms with Crippen molar-refractivity contribution in [3.8, 4) is 0 Å². The zero-order valence-corrected chi connectivity index (χ0v) is 9.30. The summed E-state index contributed by atoms with van der Waals surface area (Å²) in [4.78, 5) is 0.757. The lowest BCUT2D eigenvalue weighted by molar-refractivity contribution is -0.137. The van der Waals surface area contributed by atoms with Crippen molar-refractivity contribution < 1.29 is 13.2 Å². The average Bonchev–Trinajstić information content (AvgIpc) is 2.01. The molecular formula is C9H10ClF3S. The van der Waals surface area contributed by atoms with Gasteiger partial charge in [-0.2, -0.15) is 13.2 Å². The maximum Gasteiger partial charge on any atom is 0.416 e. The fourth-order valence-electron chi connectivity index (χ4n) is 0.968. The summed E-state index contributed by atoms with van der Waals surface area (Å²) >= 11 is 0. The first kappa shape index (κ1) is 11.7. The van der Waals surface area contributed by atoms with Crippen molar-refractivity contribution in [3.05, 3.63) is 29.8 Å². The van der Waals surface area contributed by atoms with Gasteiger partial charge in [-0.05, 0) is 36.8 Å². The predicted molar refractivity (Wildman–Crippen MR) is 55.0 cm³/mol. The molecule has 1 aromatic carbocycles. The summed E-state index contributed by atoms with van der Waals surface area (Å²) in [6, 6.07) is 5.00. The average molecular weight is 243 g/mol. The van der Waals surface area contributed by atoms with Crippen LogP contribution in [0.25, 0.3) is 0 Å². The van der Waals surface area contributed by atoms with E-state index < -0.39 is 21.0 Å². The second kappa shape index (κ2) is 3.66. The molecule has 0 atom stereocenters. The van der Waals surface area contributed by atoms with Crippen LogP contribution in [0.5, 0.6) is 0 Å². The van der Waals surface area contributed by atoms with Crippen LogP contribution in [0, 0.1) is 0 Å². The molecule has 0 heterocycles. The summed E-state index contributed by atoms with van der Waals surface area (Å²) < 4.78 is 36.6. The number of benzene rings is 1. The molecule has 0 bridgehead atoms. The van der Waals surface area contributed by atoms with Crippen LogP contribution in [-0.4, -0.2) is 12.5 Å². The van der Waals surface area contributed by atoms with Crippen LogP contribution in [0.4, 0.5) is 13.2 Å². The van der Waals surface area contributed by atoms with Crippen LogP contribution < -0.4 is 0 Å². The molecule has 0 unspecified atom stereocenters. The Morgan fingerprint density at radius 1 is 1.07 bits per heavy atom. The minimum atomic E-state index is -4.27. The molecule has 1 rings (SSSR count). The standard InChI is InChI=1S/C9H10ClF3S/c1-14(2,10)8-5-3-7(4-6-8)9(11,12)13/h3-6H,1-2H3. The lowest BCUT2D eigenvalue weighted by Gasteiger charge is -2.22. The highest BCUT2D eigenvalue weighted by atomic mass is 35.7. The highest BCUT2D eigenvalue weighted by Crippen LogP contribution is 2.53. The van der Waals surface area contributed by atoms with E-state index in [1.165, 1.54) is 12.1 Å². The van der Waals surface area contributed by atoms with Gasteiger partial charge in [0.15, 0.2) is 0 Å². The minimum Gasteiger partial charge on any atom is -0.166 e. The molecule has 0 saturated heterocycles. The molecule has 0 fully saturated rings. The summed E-state index contributed by atoms with van der Waals surface area (Å²) in [6.45, 7) is 0. The third-order valence-corrected chi connectivity index (χ3v) is 3.67. The minimum absolute atomic E-state index is 0.637. The second-order valence-corrected chi connectivity index (χ2v) is 8.41. The van der Waals surface area contributed by atoms with E-state index in [2.05, 4.69) is 0 Å². The Bertz CT molecular complexity index is 277. The number of hydrogen-bond donors (Lipinski definition) is 0. The molecule has 1 aromatic rings. The largest absolute Gasteiger partial charge is 0.416 e. The monoisotopic (exact) mass is 242 g/mol. The zero-order chi connectivity index (χ0) is 11.0. The fraction of sp³-hybridized carbons (Fsp3) is 0.333. The van der Waals surface area contributed by atoms with Crippen molar-refractivity contribution in [2.24, 2.45) is 0 Å². The van der Waals surface area contributed by atoms with E-state index in [0.717, 1.165) is 17.0 Å². The van der Waals surface area contributed by atoms with E-state index in [4.69, 9.17) is 10.7 Å². The molecule has 0 radical (unpaired) electrons. The van der Waals surface area contributed by atoms with Gasteiger partial charge in [0.2, 0.25) is 0 Å². The third kappa shape index (κ3) is 2.82. The van der Waals surface area contributed by atoms with Gasteiger partial charge in [-0.25, -0.2) is 0 Å². The number of hydrogen-bond acceptors (Lipinski definition) is 0. The van der Waals surface area contributed by atoms with Crippen molar-refractivity contribution >= 4 is 19.9 Å². The fourth-order valence-corrected chi connectivity index (χ4v) is 2.06. The van der Waals surface area contributed by atoms with E-state index in [0.29, 0.717) is 0 Å². The normalized spacial score (nSPS) is 14.1. The number of rotatable bonds is 1. The lowest BCUT2D eigenvalue weighted by atomic mass is 10.2. The van der Waals surface area contributed by atoms with Gasteiger partial charge in [0.05, 0.1) is 5.56 Å². The number of halogens is 4. The van der Waals surface area contributed by atoms with Crippen LogP contribution in [0.1, 0.15) is 5.56 Å². The second-order valence-electron chi connectivity index (χ2n) is 3.22. The summed E-state index contributed by atoms with van der Waals surface area (Å²) in [5, 5.41) is 0. The predicted octanol–water partition coefficient (Wildman–Crippen LogP) is 4.28. The first-order chi connectivity index (χ1) is 6.21. The number of alkyl halides is 3. The van der Waals surface area contributed by atoms with Crippen molar-refractivity contribution in [1.29, 1.82) is 0 Å². The summed E-state index contributed by atoms with van der Waals surface area (Å²) in [5.41, 5.74) is -0.637. The smallest absolute Gasteiger partial charge is 0.166 e. The van der Waals surface area contributed by atoms with E-state index in [1.54, 1.807) is 0 Å². The third-order valence-electron chi connectivity index (χ3n) is 1.74. The Kier molecular flexibility index (Phi) is 3.07. The van der Waals surface area contributed by atoms with Gasteiger partial charge < -0.3 is 0 Å². The zero-order valence-electron chi connectivity index (χ0n) is 7.73. The van der Waals surface area contributed by atoms with Gasteiger partial charge in [0.1, 0.15) is 0 Å². The molecule has 0 aliphatic heterocycles. The molecule has 14 heavy (non-hydrogen) atoms. The molecule has 0 aliphatic carbocycles. The van der Waals surface area contributed by atoms with Gasteiger partial charge >= 0.3 is 6.18 Å². The Morgan fingerprint density at radius 2 is 1.50 bits per heavy atom. The Morgan fingerprint density at radius 3 is 1.79 bits per heavy atom. The Hall–Kier alpha value is -0.350. The van der Waals surface area contributed by atoms with Crippen molar-refractivity contribution in [2.45, 2.75) is 11.1 Å². The van der Waals surface area contributed by atoms with Gasteiger partial charge in [-0.3, -0.25) is 0 Å². The van der Waals surface area contributed by atoms with E-state index in [9.17, 15) is 13.2 Å². The molecular weight excluding hydrogens is 233 g/mol. The molecule has 0 aromatic heterocycles. The molecule has 0 aliphatic rings. The van der Waals surface area contributed by atoms with Gasteiger partial charge in [0, 0.05) is 4.90 Å². The topological polar surface area (TPSA) is 0 Å². The summed E-state index contributed by atoms with van der Waals surface area (Å²) in [6.07, 6.45) is -0.640. The van der Waals surface area contributed by atoms with Crippen LogP contribution in [-0.2, 0) is 6.18 Å². The molecule has 80 valence electrons. The summed E-state index contributed by atoms with van der Waals surface area (Å²) in [7, 11) is 4.57. The van der Waals surface area contributed by atoms with Crippen LogP contribution in [0.3, 0.4) is 0 Å². The van der Waals surface area contributed by atoms with E-state index in [-0.39, 0.29) is 0 Å². The van der Waals surface area contributed by atoms with Crippen LogP contribution in [0.15, 0.2) is 29.2 Å². The molecule has 0 saturated carbocycles. The maximum absolute atomic E-state index is 12.2. The van der Waals surface area contributed by atoms with E-state index in [1.807, 2.05) is 12.5 Å². The van der Waals surface area contributed by atoms with Crippen LogP contribution >= 0.6 is 19.9 Å². The SMILES string of the molecule is CS(C)(Cl)c1ccc(C(F)(F)F)cc1. The van der Waals surface area contributed by atoms with Gasteiger partial charge in [-0.1, -0.05) is 10.7 Å². The quantitative estimate of drug-likeness (QED) is 0.690. The van der Waals surface area contributed by atoms with E-state index >= 15 is 0 Å². The molecule has 0 amide bonds. The first-order valence-electron chi connectivity index (χ1n) is 3.81. The van der Waals surface area contributed by atoms with Crippen molar-refractivity contribution in [1.82, 2.24) is 0 Å². The Labute approximate surface area is 86.9 Å². The van der Waals surface area contributed by atoms with Crippen molar-refractivity contribution in [3.63, 3.8) is 0 Å². The molecule has 5 heteroatoms. The van der Waals surface area contributed by atoms with Crippen LogP contribution in [0.2, 0.25) is 0 Å². The van der Waals surface area contributed by atoms with Gasteiger partial charge in [-0.15, -0.1) is 9.24 Å². The summed E-state index contributed by atoms with van der Waals surface area (Å²) in [5.74, 6) is 0. The molecule has 0 N–H and O–H groups in total. The maximum atomic E-state index is 12.2. The highest BCUT2D eigenvalue weighted by Gasteiger charge is 2.30. The Balaban J connectivity index is 3.02.